The van der Waals surface area contributed by atoms with Gasteiger partial charge in [0.15, 0.2) is 0 Å². The van der Waals surface area contributed by atoms with Crippen molar-refractivity contribution < 1.29 is 13.0 Å². The van der Waals surface area contributed by atoms with E-state index in [-0.39, 0.29) is 10.7 Å². The molecule has 1 N–H and O–H groups in total. The van der Waals surface area contributed by atoms with Gasteiger partial charge in [0.05, 0.1) is 27.1 Å². The first kappa shape index (κ1) is 35.2. The van der Waals surface area contributed by atoms with Gasteiger partial charge in [0.25, 0.3) is 10.1 Å². The van der Waals surface area contributed by atoms with Crippen molar-refractivity contribution >= 4 is 67.7 Å². The van der Waals surface area contributed by atoms with Crippen LogP contribution in [0.2, 0.25) is 15.1 Å². The molecule has 0 radical (unpaired) electrons. The highest BCUT2D eigenvalue weighted by Crippen LogP contribution is 2.33. The second-order valence-corrected chi connectivity index (χ2v) is 13.9. The molecule has 0 atom stereocenters. The molecular weight excluding hydrogens is 693 g/mol. The Morgan fingerprint density at radius 3 is 1.73 bits per heavy atom. The van der Waals surface area contributed by atoms with Crippen LogP contribution in [0.1, 0.15) is 50.9 Å². The van der Waals surface area contributed by atoms with E-state index in [2.05, 4.69) is 30.4 Å². The smallest absolute Gasteiger partial charge is 0.282 e. The van der Waals surface area contributed by atoms with Gasteiger partial charge in [0.1, 0.15) is 28.1 Å². The van der Waals surface area contributed by atoms with E-state index >= 15 is 0 Å². The van der Waals surface area contributed by atoms with Gasteiger partial charge in [-0.25, -0.2) is 15.0 Å². The van der Waals surface area contributed by atoms with Gasteiger partial charge in [-0.3, -0.25) is 4.55 Å². The SMILES string of the molecule is Cc1nc(Cc2cc(C)c(N=Nc3ccc(Cl)c(S(=O)(=O)O)c3)cc2C)nc(Cc2cc(Cl)c(N=Nc3ccc(Cl)c(C)c3)cc2C)n1. The fraction of sp³-hybridized carbons (Fsp3) is 0.206. The topological polar surface area (TPSA) is 142 Å². The molecule has 1 aromatic heterocycles. The minimum atomic E-state index is -4.50. The number of benzene rings is 4. The molecule has 0 spiro atoms. The molecule has 5 rings (SSSR count). The molecule has 0 bridgehead atoms. The Kier molecular flexibility index (Phi) is 10.7. The number of halogens is 3. The van der Waals surface area contributed by atoms with Gasteiger partial charge < -0.3 is 0 Å². The van der Waals surface area contributed by atoms with Crippen LogP contribution in [0.25, 0.3) is 0 Å². The van der Waals surface area contributed by atoms with E-state index in [1.165, 1.54) is 12.1 Å². The second kappa shape index (κ2) is 14.6. The van der Waals surface area contributed by atoms with Crippen LogP contribution in [-0.4, -0.2) is 27.9 Å². The van der Waals surface area contributed by atoms with Crippen molar-refractivity contribution in [2.45, 2.75) is 52.4 Å². The molecule has 10 nitrogen and oxygen atoms in total. The van der Waals surface area contributed by atoms with Crippen molar-refractivity contribution in [2.75, 3.05) is 0 Å². The van der Waals surface area contributed by atoms with E-state index in [0.29, 0.717) is 57.4 Å². The summed E-state index contributed by atoms with van der Waals surface area (Å²) in [6, 6.07) is 17.1. The van der Waals surface area contributed by atoms with E-state index in [4.69, 9.17) is 39.8 Å². The predicted octanol–water partition coefficient (Wildman–Crippen LogP) is 10.6. The van der Waals surface area contributed by atoms with Crippen LogP contribution in [0.4, 0.5) is 22.7 Å². The molecule has 246 valence electrons. The van der Waals surface area contributed by atoms with Crippen LogP contribution in [0.5, 0.6) is 0 Å². The lowest BCUT2D eigenvalue weighted by atomic mass is 10.0. The third-order valence-electron chi connectivity index (χ3n) is 7.48. The summed E-state index contributed by atoms with van der Waals surface area (Å²) in [7, 11) is -4.50. The number of aromatic nitrogens is 3. The van der Waals surface area contributed by atoms with Crippen LogP contribution in [-0.2, 0) is 23.0 Å². The third-order valence-corrected chi connectivity index (χ3v) is 9.54. The molecular formula is C34H30Cl3N7O3S. The van der Waals surface area contributed by atoms with Crippen molar-refractivity contribution in [3.8, 4) is 0 Å². The zero-order chi connectivity index (χ0) is 34.7. The first-order valence-electron chi connectivity index (χ1n) is 14.6. The highest BCUT2D eigenvalue weighted by molar-refractivity contribution is 7.86. The van der Waals surface area contributed by atoms with E-state index in [9.17, 15) is 13.0 Å². The largest absolute Gasteiger partial charge is 0.296 e. The molecule has 0 amide bonds. The minimum absolute atomic E-state index is 0.107. The molecule has 0 fully saturated rings. The maximum Gasteiger partial charge on any atom is 0.296 e. The summed E-state index contributed by atoms with van der Waals surface area (Å²) in [5, 5.41) is 18.2. The zero-order valence-corrected chi connectivity index (χ0v) is 29.7. The van der Waals surface area contributed by atoms with Crippen LogP contribution in [0.15, 0.2) is 86.0 Å². The Hall–Kier alpha value is -4.13. The lowest BCUT2D eigenvalue weighted by Crippen LogP contribution is -2.08. The first-order valence-corrected chi connectivity index (χ1v) is 17.2. The number of hydrogen-bond acceptors (Lipinski definition) is 9. The van der Waals surface area contributed by atoms with Crippen molar-refractivity contribution in [1.29, 1.82) is 0 Å². The van der Waals surface area contributed by atoms with E-state index in [0.717, 1.165) is 39.4 Å². The van der Waals surface area contributed by atoms with Crippen molar-refractivity contribution in [1.82, 2.24) is 15.0 Å². The summed E-state index contributed by atoms with van der Waals surface area (Å²) >= 11 is 18.6. The maximum atomic E-state index is 11.6. The molecule has 1 heterocycles. The zero-order valence-electron chi connectivity index (χ0n) is 26.6. The van der Waals surface area contributed by atoms with E-state index in [1.807, 2.05) is 65.0 Å². The molecule has 4 aromatic carbocycles. The van der Waals surface area contributed by atoms with Crippen LogP contribution in [0, 0.1) is 34.6 Å². The number of nitrogens with zero attached hydrogens (tertiary/aromatic N) is 7. The summed E-state index contributed by atoms with van der Waals surface area (Å²) in [5.74, 6) is 1.85. The third kappa shape index (κ3) is 8.66. The molecule has 0 saturated carbocycles. The average Bonchev–Trinajstić information content (AvgIpc) is 3.00. The van der Waals surface area contributed by atoms with Gasteiger partial charge >= 0.3 is 0 Å². The Morgan fingerprint density at radius 1 is 0.583 bits per heavy atom. The molecule has 48 heavy (non-hydrogen) atoms. The maximum absolute atomic E-state index is 11.6. The molecule has 0 unspecified atom stereocenters. The Balaban J connectivity index is 1.33. The Morgan fingerprint density at radius 2 is 1.12 bits per heavy atom. The molecule has 0 aliphatic heterocycles. The summed E-state index contributed by atoms with van der Waals surface area (Å²) in [4.78, 5) is 13.5. The molecule has 0 aliphatic rings. The molecule has 0 aliphatic carbocycles. The standard InChI is InChI=1S/C34H30Cl3N7O3S/c1-18-12-30(43-42-26-7-9-28(36)32(17-26)48(45,46)47)21(4)10-23(18)15-33-38-22(5)39-34(40-33)16-24-14-29(37)31(13-19(24)2)44-41-25-6-8-27(35)20(3)11-25/h6-14,17H,15-16H2,1-5H3,(H,45,46,47). The van der Waals surface area contributed by atoms with Gasteiger partial charge in [-0.15, -0.1) is 5.11 Å². The molecule has 14 heteroatoms. The van der Waals surface area contributed by atoms with Gasteiger partial charge in [0.2, 0.25) is 0 Å². The number of aryl methyl sites for hydroxylation is 5. The summed E-state index contributed by atoms with van der Waals surface area (Å²) in [6.45, 7) is 9.59. The molecule has 5 aromatic rings. The summed E-state index contributed by atoms with van der Waals surface area (Å²) < 4.78 is 32.6. The minimum Gasteiger partial charge on any atom is -0.282 e. The average molecular weight is 723 g/mol. The lowest BCUT2D eigenvalue weighted by Gasteiger charge is -2.11. The number of rotatable bonds is 9. The van der Waals surface area contributed by atoms with E-state index < -0.39 is 15.0 Å². The quantitative estimate of drug-likeness (QED) is 0.118. The van der Waals surface area contributed by atoms with Crippen molar-refractivity contribution in [3.05, 3.63) is 127 Å². The molecule has 0 saturated heterocycles. The fourth-order valence-electron chi connectivity index (χ4n) is 4.90. The van der Waals surface area contributed by atoms with Crippen LogP contribution in [0.3, 0.4) is 0 Å². The van der Waals surface area contributed by atoms with E-state index in [1.54, 1.807) is 12.1 Å². The van der Waals surface area contributed by atoms with Gasteiger partial charge in [-0.2, -0.15) is 23.8 Å². The highest BCUT2D eigenvalue weighted by Gasteiger charge is 2.16. The van der Waals surface area contributed by atoms with Gasteiger partial charge in [-0.1, -0.05) is 40.9 Å². The highest BCUT2D eigenvalue weighted by atomic mass is 35.5. The summed E-state index contributed by atoms with van der Waals surface area (Å²) in [6.07, 6.45) is 0.926. The Bertz CT molecular complexity index is 2230. The van der Waals surface area contributed by atoms with Gasteiger partial charge in [-0.05, 0) is 123 Å². The van der Waals surface area contributed by atoms with Crippen molar-refractivity contribution in [2.24, 2.45) is 20.5 Å². The monoisotopic (exact) mass is 721 g/mol. The lowest BCUT2D eigenvalue weighted by molar-refractivity contribution is 0.483. The van der Waals surface area contributed by atoms with Crippen LogP contribution < -0.4 is 0 Å². The fourth-order valence-corrected chi connectivity index (χ4v) is 6.23. The first-order chi connectivity index (χ1) is 22.7. The number of azo groups is 2. The summed E-state index contributed by atoms with van der Waals surface area (Å²) in [5.41, 5.74) is 7.73. The normalized spacial score (nSPS) is 12.0. The van der Waals surface area contributed by atoms with Crippen LogP contribution >= 0.6 is 34.8 Å². The van der Waals surface area contributed by atoms with Gasteiger partial charge in [0, 0.05) is 17.9 Å². The number of hydrogen-bond donors (Lipinski definition) is 1. The van der Waals surface area contributed by atoms with Crippen molar-refractivity contribution in [3.63, 3.8) is 0 Å². The second-order valence-electron chi connectivity index (χ2n) is 11.3. The Labute approximate surface area is 293 Å². The predicted molar refractivity (Wildman–Crippen MR) is 188 cm³/mol.